The van der Waals surface area contributed by atoms with Crippen LogP contribution in [0.25, 0.3) is 0 Å². The van der Waals surface area contributed by atoms with Gasteiger partial charge in [-0.15, -0.1) is 5.10 Å². The van der Waals surface area contributed by atoms with E-state index < -0.39 is 16.5 Å². The summed E-state index contributed by atoms with van der Waals surface area (Å²) in [5, 5.41) is 25.3. The lowest BCUT2D eigenvalue weighted by Crippen LogP contribution is -2.15. The first-order valence-electron chi connectivity index (χ1n) is 8.29. The van der Waals surface area contributed by atoms with Gasteiger partial charge in [0, 0.05) is 10.0 Å². The Morgan fingerprint density at radius 1 is 1.38 bits per heavy atom. The van der Waals surface area contributed by atoms with Crippen molar-refractivity contribution in [1.82, 2.24) is 20.0 Å². The molecular weight excluding hydrogens is 423 g/mol. The molecule has 0 radical (unpaired) electrons. The molecule has 3 rings (SSSR count). The Kier molecular flexibility index (Phi) is 5.76. The first-order valence-corrected chi connectivity index (χ1v) is 9.04. The third-order valence-electron chi connectivity index (χ3n) is 4.27. The van der Waals surface area contributed by atoms with Gasteiger partial charge in [0.1, 0.15) is 0 Å². The highest BCUT2D eigenvalue weighted by atomic mass is 35.5. The number of carbonyl (C=O) groups is 1. The molecule has 1 aromatic carbocycles. The molecular formula is C17H16Cl2N6O4. The predicted octanol–water partition coefficient (Wildman–Crippen LogP) is 3.75. The molecule has 3 aromatic rings. The molecule has 0 saturated carbocycles. The first kappa shape index (κ1) is 20.6. The zero-order valence-electron chi connectivity index (χ0n) is 15.6. The van der Waals surface area contributed by atoms with Gasteiger partial charge in [0.05, 0.1) is 35.7 Å². The van der Waals surface area contributed by atoms with Crippen molar-refractivity contribution in [3.05, 3.63) is 61.0 Å². The Morgan fingerprint density at radius 3 is 2.72 bits per heavy atom. The van der Waals surface area contributed by atoms with E-state index in [1.165, 1.54) is 7.11 Å². The number of amides is 1. The number of anilines is 1. The van der Waals surface area contributed by atoms with Crippen molar-refractivity contribution in [3.8, 4) is 5.88 Å². The minimum atomic E-state index is -0.734. The van der Waals surface area contributed by atoms with E-state index in [0.717, 1.165) is 5.56 Å². The minimum absolute atomic E-state index is 0.276. The molecule has 0 fully saturated rings. The SMILES string of the molecule is COc1n[nH]c(C(=O)Nc2c(C)nn(Cc3ccc(Cl)cc3Cl)c2C)c1[N+](=O)[O-]. The van der Waals surface area contributed by atoms with Gasteiger partial charge >= 0.3 is 11.6 Å². The smallest absolute Gasteiger partial charge is 0.362 e. The van der Waals surface area contributed by atoms with Crippen LogP contribution >= 0.6 is 23.2 Å². The normalized spacial score (nSPS) is 10.8. The Morgan fingerprint density at radius 2 is 2.10 bits per heavy atom. The summed E-state index contributed by atoms with van der Waals surface area (Å²) in [6.45, 7) is 3.84. The lowest BCUT2D eigenvalue weighted by Gasteiger charge is -2.08. The number of methoxy groups -OCH3 is 1. The molecule has 0 aliphatic rings. The summed E-state index contributed by atoms with van der Waals surface area (Å²) < 4.78 is 6.49. The maximum Gasteiger partial charge on any atom is 0.362 e. The number of rotatable bonds is 6. The third-order valence-corrected chi connectivity index (χ3v) is 4.85. The van der Waals surface area contributed by atoms with E-state index in [2.05, 4.69) is 20.6 Å². The number of halogens is 2. The molecule has 0 saturated heterocycles. The van der Waals surface area contributed by atoms with Gasteiger partial charge in [-0.25, -0.2) is 0 Å². The molecule has 12 heteroatoms. The second-order valence-electron chi connectivity index (χ2n) is 6.11. The van der Waals surface area contributed by atoms with Crippen LogP contribution in [-0.2, 0) is 6.54 Å². The Balaban J connectivity index is 1.88. The Labute approximate surface area is 174 Å². The van der Waals surface area contributed by atoms with Gasteiger partial charge in [-0.3, -0.25) is 24.7 Å². The highest BCUT2D eigenvalue weighted by Gasteiger charge is 2.31. The molecule has 29 heavy (non-hydrogen) atoms. The summed E-state index contributed by atoms with van der Waals surface area (Å²) in [7, 11) is 1.23. The molecule has 2 aromatic heterocycles. The maximum atomic E-state index is 12.6. The van der Waals surface area contributed by atoms with Gasteiger partial charge in [-0.2, -0.15) is 5.10 Å². The number of H-pyrrole nitrogens is 1. The predicted molar refractivity (Wildman–Crippen MR) is 107 cm³/mol. The van der Waals surface area contributed by atoms with Crippen LogP contribution in [-0.4, -0.2) is 37.9 Å². The van der Waals surface area contributed by atoms with Crippen LogP contribution in [0.4, 0.5) is 11.4 Å². The number of benzene rings is 1. The summed E-state index contributed by atoms with van der Waals surface area (Å²) in [5.74, 6) is -1.01. The van der Waals surface area contributed by atoms with E-state index in [4.69, 9.17) is 27.9 Å². The quantitative estimate of drug-likeness (QED) is 0.445. The van der Waals surface area contributed by atoms with Gasteiger partial charge in [0.15, 0.2) is 0 Å². The standard InChI is InChI=1S/C17H16Cl2N6O4/c1-8-13(20-16(26)14-15(25(27)28)17(29-3)22-21-14)9(2)24(23-8)7-10-4-5-11(18)6-12(10)19/h4-6H,7H2,1-3H3,(H,20,26)(H,21,22). The molecule has 152 valence electrons. The third kappa shape index (κ3) is 4.03. The lowest BCUT2D eigenvalue weighted by atomic mass is 10.2. The monoisotopic (exact) mass is 438 g/mol. The highest BCUT2D eigenvalue weighted by Crippen LogP contribution is 2.30. The molecule has 0 atom stereocenters. The van der Waals surface area contributed by atoms with Crippen molar-refractivity contribution >= 4 is 40.5 Å². The molecule has 0 unspecified atom stereocenters. The molecule has 2 N–H and O–H groups in total. The number of ether oxygens (including phenoxy) is 1. The van der Waals surface area contributed by atoms with E-state index in [0.29, 0.717) is 33.7 Å². The van der Waals surface area contributed by atoms with Gasteiger partial charge < -0.3 is 10.1 Å². The fourth-order valence-electron chi connectivity index (χ4n) is 2.81. The number of hydrogen-bond donors (Lipinski definition) is 2. The van der Waals surface area contributed by atoms with Crippen LogP contribution in [0, 0.1) is 24.0 Å². The number of hydrogen-bond acceptors (Lipinski definition) is 6. The van der Waals surface area contributed by atoms with E-state index in [1.54, 1.807) is 36.7 Å². The fraction of sp³-hybridized carbons (Fsp3) is 0.235. The Bertz CT molecular complexity index is 1110. The summed E-state index contributed by atoms with van der Waals surface area (Å²) in [6, 6.07) is 5.15. The van der Waals surface area contributed by atoms with Gasteiger partial charge in [-0.05, 0) is 31.5 Å². The van der Waals surface area contributed by atoms with E-state index in [1.807, 2.05) is 0 Å². The number of carbonyl (C=O) groups excluding carboxylic acids is 1. The first-order chi connectivity index (χ1) is 13.7. The second kappa shape index (κ2) is 8.10. The molecule has 2 heterocycles. The Hall–Kier alpha value is -3.11. The van der Waals surface area contributed by atoms with Gasteiger partial charge in [-0.1, -0.05) is 29.3 Å². The number of nitro groups is 1. The average Bonchev–Trinajstić information content (AvgIpc) is 3.21. The fourth-order valence-corrected chi connectivity index (χ4v) is 3.28. The van der Waals surface area contributed by atoms with Crippen LogP contribution in [0.3, 0.4) is 0 Å². The van der Waals surface area contributed by atoms with Crippen LogP contribution < -0.4 is 10.1 Å². The van der Waals surface area contributed by atoms with Gasteiger partial charge in [0.25, 0.3) is 5.91 Å². The van der Waals surface area contributed by atoms with Crippen LogP contribution in [0.2, 0.25) is 10.0 Å². The number of nitrogens with zero attached hydrogens (tertiary/aromatic N) is 4. The highest BCUT2D eigenvalue weighted by molar-refractivity contribution is 6.35. The number of aromatic amines is 1. The number of aryl methyl sites for hydroxylation is 1. The van der Waals surface area contributed by atoms with E-state index >= 15 is 0 Å². The number of aromatic nitrogens is 4. The van der Waals surface area contributed by atoms with Crippen molar-refractivity contribution in [2.75, 3.05) is 12.4 Å². The summed E-state index contributed by atoms with van der Waals surface area (Å²) >= 11 is 12.1. The summed E-state index contributed by atoms with van der Waals surface area (Å²) in [5.41, 5.74) is 1.56. The second-order valence-corrected chi connectivity index (χ2v) is 6.95. The molecule has 0 spiro atoms. The minimum Gasteiger partial charge on any atom is -0.475 e. The molecule has 1 amide bonds. The van der Waals surface area contributed by atoms with Crippen molar-refractivity contribution in [2.45, 2.75) is 20.4 Å². The largest absolute Gasteiger partial charge is 0.475 e. The summed E-state index contributed by atoms with van der Waals surface area (Å²) in [6.07, 6.45) is 0. The van der Waals surface area contributed by atoms with Crippen LogP contribution in [0.1, 0.15) is 27.4 Å². The van der Waals surface area contributed by atoms with Crippen molar-refractivity contribution in [2.24, 2.45) is 0 Å². The van der Waals surface area contributed by atoms with E-state index in [9.17, 15) is 14.9 Å². The van der Waals surface area contributed by atoms with Crippen LogP contribution in [0.15, 0.2) is 18.2 Å². The van der Waals surface area contributed by atoms with Crippen molar-refractivity contribution in [3.63, 3.8) is 0 Å². The zero-order valence-corrected chi connectivity index (χ0v) is 17.1. The molecule has 0 aliphatic carbocycles. The molecule has 10 nitrogen and oxygen atoms in total. The topological polar surface area (TPSA) is 128 Å². The lowest BCUT2D eigenvalue weighted by molar-refractivity contribution is -0.386. The van der Waals surface area contributed by atoms with Crippen molar-refractivity contribution < 1.29 is 14.5 Å². The van der Waals surface area contributed by atoms with E-state index in [-0.39, 0.29) is 11.6 Å². The zero-order chi connectivity index (χ0) is 21.3. The maximum absolute atomic E-state index is 12.6. The number of nitrogens with one attached hydrogen (secondary N) is 2. The van der Waals surface area contributed by atoms with Crippen molar-refractivity contribution in [1.29, 1.82) is 0 Å². The van der Waals surface area contributed by atoms with Gasteiger partial charge in [0.2, 0.25) is 5.69 Å². The average molecular weight is 439 g/mol. The van der Waals surface area contributed by atoms with Crippen LogP contribution in [0.5, 0.6) is 5.88 Å². The molecule has 0 bridgehead atoms. The molecule has 0 aliphatic heterocycles. The summed E-state index contributed by atoms with van der Waals surface area (Å²) in [4.78, 5) is 23.1.